The van der Waals surface area contributed by atoms with E-state index in [1.165, 1.54) is 16.0 Å². The van der Waals surface area contributed by atoms with Gasteiger partial charge in [0.1, 0.15) is 5.69 Å². The predicted octanol–water partition coefficient (Wildman–Crippen LogP) is 2.24. The van der Waals surface area contributed by atoms with Crippen LogP contribution in [0.25, 0.3) is 0 Å². The number of rotatable bonds is 5. The van der Waals surface area contributed by atoms with Crippen LogP contribution in [0.4, 0.5) is 17.3 Å². The number of piperidine rings is 1. The van der Waals surface area contributed by atoms with E-state index >= 15 is 0 Å². The summed E-state index contributed by atoms with van der Waals surface area (Å²) in [6, 6.07) is 5.58. The third kappa shape index (κ3) is 4.96. The van der Waals surface area contributed by atoms with Gasteiger partial charge in [-0.25, -0.2) is 4.68 Å². The van der Waals surface area contributed by atoms with Crippen molar-refractivity contribution in [3.05, 3.63) is 49.6 Å². The number of fused-ring (bicyclic) bond motifs is 2. The molecule has 12 heteroatoms. The Morgan fingerprint density at radius 2 is 1.97 bits per heavy atom. The van der Waals surface area contributed by atoms with E-state index in [2.05, 4.69) is 51.5 Å². The lowest BCUT2D eigenvalue weighted by Crippen LogP contribution is -2.48. The first-order chi connectivity index (χ1) is 18.6. The first kappa shape index (κ1) is 26.0. The number of aromatic nitrogens is 4. The summed E-state index contributed by atoms with van der Waals surface area (Å²) in [5, 5.41) is 26.2. The lowest BCUT2D eigenvalue weighted by atomic mass is 9.88. The summed E-state index contributed by atoms with van der Waals surface area (Å²) in [4.78, 5) is 32.1. The maximum atomic E-state index is 13.1. The van der Waals surface area contributed by atoms with Crippen LogP contribution in [-0.4, -0.2) is 68.2 Å². The van der Waals surface area contributed by atoms with Crippen molar-refractivity contribution >= 4 is 34.6 Å². The fraction of sp³-hybridized carbons (Fsp3) is 0.556. The van der Waals surface area contributed by atoms with E-state index in [1.54, 1.807) is 13.1 Å². The summed E-state index contributed by atoms with van der Waals surface area (Å²) < 4.78 is 3.33. The fourth-order valence-electron chi connectivity index (χ4n) is 5.85. The molecule has 6 rings (SSSR count). The quantitative estimate of drug-likeness (QED) is 0.441. The highest BCUT2D eigenvalue weighted by molar-refractivity contribution is 7.14. The topological polar surface area (TPSA) is 121 Å². The lowest BCUT2D eigenvalue weighted by molar-refractivity contribution is 0.0665. The molecule has 1 aliphatic carbocycles. The van der Waals surface area contributed by atoms with Crippen LogP contribution in [0.3, 0.4) is 0 Å². The van der Waals surface area contributed by atoms with Crippen molar-refractivity contribution in [1.82, 2.24) is 29.8 Å². The molecule has 3 N–H and O–H groups in total. The molecule has 39 heavy (non-hydrogen) atoms. The summed E-state index contributed by atoms with van der Waals surface area (Å²) in [6.45, 7) is 8.07. The number of hydrogen-bond donors (Lipinski definition) is 3. The number of aliphatic hydroxyl groups is 1. The van der Waals surface area contributed by atoms with Gasteiger partial charge in [-0.2, -0.15) is 10.2 Å². The molecule has 3 aromatic rings. The molecule has 208 valence electrons. The number of thiophene rings is 1. The Bertz CT molecular complexity index is 1470. The molecule has 0 bridgehead atoms. The van der Waals surface area contributed by atoms with Gasteiger partial charge in [0.2, 0.25) is 0 Å². The minimum absolute atomic E-state index is 0.0446. The Hall–Kier alpha value is -3.22. The van der Waals surface area contributed by atoms with Crippen LogP contribution in [0.15, 0.2) is 23.0 Å². The molecule has 5 heterocycles. The highest BCUT2D eigenvalue weighted by Gasteiger charge is 2.40. The number of nitrogens with zero attached hydrogens (tertiary/aromatic N) is 6. The standard InChI is InChI=1S/C27H36N8O3S/c1-27(2)13-21-18(24(27)36)11-20(39-21)25(37)28-16-6-5-7-34(14-16)23-12-19(26(38)33(4)31-23)29-22-10-17-15-32(3)8-9-35(17)30-22/h10-12,16,24,36H,5-9,13-15H2,1-4H3,(H,28,37)(H,29,30). The number of carbonyl (C=O) groups is 1. The number of aliphatic hydroxyl groups excluding tert-OH is 1. The molecule has 2 unspecified atom stereocenters. The van der Waals surface area contributed by atoms with Gasteiger partial charge in [-0.3, -0.25) is 19.2 Å². The molecule has 1 amide bonds. The number of likely N-dealkylation sites (N-methyl/N-ethyl adjacent to an activating group) is 1. The van der Waals surface area contributed by atoms with Crippen LogP contribution in [0.2, 0.25) is 0 Å². The second-order valence-corrected chi connectivity index (χ2v) is 12.9. The van der Waals surface area contributed by atoms with Gasteiger partial charge >= 0.3 is 0 Å². The summed E-state index contributed by atoms with van der Waals surface area (Å²) in [5.41, 5.74) is 2.01. The van der Waals surface area contributed by atoms with E-state index in [-0.39, 0.29) is 22.9 Å². The van der Waals surface area contributed by atoms with Crippen LogP contribution in [0.5, 0.6) is 0 Å². The van der Waals surface area contributed by atoms with Gasteiger partial charge in [-0.15, -0.1) is 11.3 Å². The zero-order valence-electron chi connectivity index (χ0n) is 22.9. The van der Waals surface area contributed by atoms with E-state index in [1.807, 2.05) is 16.8 Å². The smallest absolute Gasteiger partial charge is 0.290 e. The Morgan fingerprint density at radius 3 is 2.77 bits per heavy atom. The van der Waals surface area contributed by atoms with Gasteiger partial charge in [-0.1, -0.05) is 13.8 Å². The Kier molecular flexibility index (Phi) is 6.51. The number of nitrogens with one attached hydrogen (secondary N) is 2. The second kappa shape index (κ2) is 9.76. The van der Waals surface area contributed by atoms with Crippen molar-refractivity contribution in [2.45, 2.75) is 58.3 Å². The molecule has 0 spiro atoms. The normalized spacial score (nSPS) is 22.4. The van der Waals surface area contributed by atoms with E-state index in [0.29, 0.717) is 28.7 Å². The molecule has 0 saturated carbocycles. The largest absolute Gasteiger partial charge is 0.388 e. The van der Waals surface area contributed by atoms with Gasteiger partial charge in [0.25, 0.3) is 11.5 Å². The van der Waals surface area contributed by atoms with Crippen molar-refractivity contribution in [3.63, 3.8) is 0 Å². The van der Waals surface area contributed by atoms with Crippen LogP contribution in [0.1, 0.15) is 58.6 Å². The molecule has 2 atom stereocenters. The van der Waals surface area contributed by atoms with Crippen LogP contribution in [-0.2, 0) is 26.6 Å². The number of amides is 1. The molecule has 0 radical (unpaired) electrons. The Labute approximate surface area is 231 Å². The lowest BCUT2D eigenvalue weighted by Gasteiger charge is -2.34. The average molecular weight is 553 g/mol. The monoisotopic (exact) mass is 552 g/mol. The van der Waals surface area contributed by atoms with Crippen LogP contribution in [0, 0.1) is 5.41 Å². The third-order valence-electron chi connectivity index (χ3n) is 8.10. The minimum atomic E-state index is -0.539. The predicted molar refractivity (Wildman–Crippen MR) is 151 cm³/mol. The maximum absolute atomic E-state index is 13.1. The van der Waals surface area contributed by atoms with E-state index in [9.17, 15) is 14.7 Å². The van der Waals surface area contributed by atoms with E-state index < -0.39 is 6.10 Å². The molecule has 0 aromatic carbocycles. The van der Waals surface area contributed by atoms with Gasteiger partial charge in [0.15, 0.2) is 11.6 Å². The van der Waals surface area contributed by atoms with Gasteiger partial charge in [-0.05, 0) is 43.4 Å². The second-order valence-electron chi connectivity index (χ2n) is 11.8. The first-order valence-electron chi connectivity index (χ1n) is 13.5. The van der Waals surface area contributed by atoms with Gasteiger partial charge in [0, 0.05) is 56.3 Å². The summed E-state index contributed by atoms with van der Waals surface area (Å²) >= 11 is 1.48. The third-order valence-corrected chi connectivity index (χ3v) is 9.25. The molecule has 11 nitrogen and oxygen atoms in total. The summed E-state index contributed by atoms with van der Waals surface area (Å²) in [6.07, 6.45) is 2.01. The highest BCUT2D eigenvalue weighted by Crippen LogP contribution is 2.48. The van der Waals surface area contributed by atoms with Gasteiger partial charge < -0.3 is 20.6 Å². The molecule has 1 fully saturated rings. The van der Waals surface area contributed by atoms with Crippen LogP contribution >= 0.6 is 11.3 Å². The SMILES string of the molecule is CN1CCn2nc(Nc3cc(N4CCCC(NC(=O)c5cc6c(s5)CC(C)(C)C6O)C4)nn(C)c3=O)cc2C1. The molecule has 3 aliphatic rings. The zero-order valence-corrected chi connectivity index (χ0v) is 23.7. The van der Waals surface area contributed by atoms with E-state index in [4.69, 9.17) is 0 Å². The summed E-state index contributed by atoms with van der Waals surface area (Å²) in [5.74, 6) is 1.23. The zero-order chi connectivity index (χ0) is 27.5. The van der Waals surface area contributed by atoms with Crippen molar-refractivity contribution < 1.29 is 9.90 Å². The van der Waals surface area contributed by atoms with Crippen molar-refractivity contribution in [2.24, 2.45) is 12.5 Å². The molecule has 1 saturated heterocycles. The summed E-state index contributed by atoms with van der Waals surface area (Å²) in [7, 11) is 3.74. The van der Waals surface area contributed by atoms with Crippen molar-refractivity contribution in [2.75, 3.05) is 36.9 Å². The molecular weight excluding hydrogens is 516 g/mol. The Morgan fingerprint density at radius 1 is 1.15 bits per heavy atom. The highest BCUT2D eigenvalue weighted by atomic mass is 32.1. The number of carbonyl (C=O) groups excluding carboxylic acids is 1. The first-order valence-corrected chi connectivity index (χ1v) is 14.4. The van der Waals surface area contributed by atoms with Crippen molar-refractivity contribution in [1.29, 1.82) is 0 Å². The number of anilines is 3. The van der Waals surface area contributed by atoms with Crippen molar-refractivity contribution in [3.8, 4) is 0 Å². The minimum Gasteiger partial charge on any atom is -0.388 e. The number of aryl methyl sites for hydroxylation is 1. The van der Waals surface area contributed by atoms with Gasteiger partial charge in [0.05, 0.1) is 23.2 Å². The molecule has 2 aliphatic heterocycles. The Balaban J connectivity index is 1.15. The molecule has 3 aromatic heterocycles. The van der Waals surface area contributed by atoms with E-state index in [0.717, 1.165) is 61.6 Å². The average Bonchev–Trinajstić information content (AvgIpc) is 3.54. The van der Waals surface area contributed by atoms with Crippen LogP contribution < -0.4 is 21.1 Å². The molecular formula is C27H36N8O3S. The fourth-order valence-corrected chi connectivity index (χ4v) is 7.18. The maximum Gasteiger partial charge on any atom is 0.290 e. The number of hydrogen-bond acceptors (Lipinski definition) is 9.